The number of morpholine rings is 1. The zero-order valence-electron chi connectivity index (χ0n) is 21.5. The molecule has 4 heterocycles. The standard InChI is InChI=1S/C27H30F3N5O4/c28-27(29,30)25-5-3-4-21(31-25)23(36)15-19-14-20-17-35(18-26(37)34-9-11-38-12-10-34)32-22(20)16-24(19)39-13-8-33-6-1-2-7-33/h3-5,14,16-17H,1-2,6-13,15,18H2. The maximum atomic E-state index is 13.1. The average molecular weight is 546 g/mol. The zero-order chi connectivity index (χ0) is 27.4. The first-order valence-electron chi connectivity index (χ1n) is 13.0. The van der Waals surface area contributed by atoms with Crippen LogP contribution in [0.15, 0.2) is 36.5 Å². The largest absolute Gasteiger partial charge is 0.492 e. The van der Waals surface area contributed by atoms with Gasteiger partial charge in [0.05, 0.1) is 18.7 Å². The number of benzene rings is 1. The minimum atomic E-state index is -4.65. The summed E-state index contributed by atoms with van der Waals surface area (Å²) in [4.78, 5) is 33.3. The summed E-state index contributed by atoms with van der Waals surface area (Å²) in [7, 11) is 0. The van der Waals surface area contributed by atoms with E-state index in [2.05, 4.69) is 15.0 Å². The molecule has 2 saturated heterocycles. The van der Waals surface area contributed by atoms with Crippen LogP contribution >= 0.6 is 0 Å². The molecule has 0 saturated carbocycles. The Bertz CT molecular complexity index is 1330. The summed E-state index contributed by atoms with van der Waals surface area (Å²) in [6.07, 6.45) is -0.821. The third-order valence-electron chi connectivity index (χ3n) is 6.94. The highest BCUT2D eigenvalue weighted by Gasteiger charge is 2.33. The second kappa shape index (κ2) is 11.7. The molecule has 3 aromatic rings. The Morgan fingerprint density at radius 3 is 2.56 bits per heavy atom. The van der Waals surface area contributed by atoms with Gasteiger partial charge in [-0.25, -0.2) is 4.98 Å². The molecule has 0 unspecified atom stereocenters. The van der Waals surface area contributed by atoms with E-state index in [4.69, 9.17) is 9.47 Å². The SMILES string of the molecule is O=C(Cc1cc2cn(CC(=O)N3CCOCC3)nc2cc1OCCN1CCCC1)c1cccc(C(F)(F)F)n1. The van der Waals surface area contributed by atoms with E-state index in [9.17, 15) is 22.8 Å². The molecule has 0 bridgehead atoms. The highest BCUT2D eigenvalue weighted by Crippen LogP contribution is 2.29. The number of fused-ring (bicyclic) bond motifs is 1. The first-order chi connectivity index (χ1) is 18.8. The van der Waals surface area contributed by atoms with E-state index < -0.39 is 17.7 Å². The van der Waals surface area contributed by atoms with Crippen LogP contribution in [-0.4, -0.2) is 88.8 Å². The number of hydrogen-bond acceptors (Lipinski definition) is 7. The van der Waals surface area contributed by atoms with Gasteiger partial charge in [-0.1, -0.05) is 6.07 Å². The minimum Gasteiger partial charge on any atom is -0.492 e. The molecular weight excluding hydrogens is 515 g/mol. The summed E-state index contributed by atoms with van der Waals surface area (Å²) in [6, 6.07) is 6.75. The fourth-order valence-corrected chi connectivity index (χ4v) is 4.86. The number of ketones is 1. The van der Waals surface area contributed by atoms with Crippen molar-refractivity contribution in [3.8, 4) is 5.75 Å². The van der Waals surface area contributed by atoms with E-state index in [1.807, 2.05) is 0 Å². The molecule has 2 aromatic heterocycles. The molecule has 2 aliphatic heterocycles. The Labute approximate surface area is 223 Å². The van der Waals surface area contributed by atoms with Gasteiger partial charge in [0, 0.05) is 49.3 Å². The van der Waals surface area contributed by atoms with Crippen molar-refractivity contribution in [1.82, 2.24) is 24.6 Å². The van der Waals surface area contributed by atoms with Crippen LogP contribution in [0.1, 0.15) is 34.6 Å². The van der Waals surface area contributed by atoms with Crippen molar-refractivity contribution in [3.05, 3.63) is 53.5 Å². The molecule has 39 heavy (non-hydrogen) atoms. The van der Waals surface area contributed by atoms with Crippen molar-refractivity contribution in [2.45, 2.75) is 32.0 Å². The average Bonchev–Trinajstić information content (AvgIpc) is 3.58. The second-order valence-electron chi connectivity index (χ2n) is 9.74. The quantitative estimate of drug-likeness (QED) is 0.382. The third-order valence-corrected chi connectivity index (χ3v) is 6.94. The summed E-state index contributed by atoms with van der Waals surface area (Å²) in [5.74, 6) is -0.189. The number of pyridine rings is 1. The van der Waals surface area contributed by atoms with Gasteiger partial charge < -0.3 is 14.4 Å². The molecule has 0 radical (unpaired) electrons. The number of hydrogen-bond donors (Lipinski definition) is 0. The van der Waals surface area contributed by atoms with Gasteiger partial charge in [-0.3, -0.25) is 19.2 Å². The molecule has 0 spiro atoms. The Morgan fingerprint density at radius 1 is 1.05 bits per heavy atom. The summed E-state index contributed by atoms with van der Waals surface area (Å²) in [5, 5.41) is 5.23. The monoisotopic (exact) mass is 545 g/mol. The van der Waals surface area contributed by atoms with Crippen LogP contribution in [0.4, 0.5) is 13.2 Å². The molecule has 2 aliphatic rings. The lowest BCUT2D eigenvalue weighted by Gasteiger charge is -2.26. The fourth-order valence-electron chi connectivity index (χ4n) is 4.86. The van der Waals surface area contributed by atoms with Crippen LogP contribution < -0.4 is 4.74 Å². The van der Waals surface area contributed by atoms with E-state index in [1.54, 1.807) is 27.9 Å². The molecule has 5 rings (SSSR count). The van der Waals surface area contributed by atoms with Crippen molar-refractivity contribution in [2.75, 3.05) is 52.5 Å². The number of ether oxygens (including phenoxy) is 2. The summed E-state index contributed by atoms with van der Waals surface area (Å²) >= 11 is 0. The lowest BCUT2D eigenvalue weighted by molar-refractivity contribution is -0.141. The van der Waals surface area contributed by atoms with Crippen LogP contribution in [0.25, 0.3) is 10.9 Å². The molecule has 208 valence electrons. The van der Waals surface area contributed by atoms with Crippen molar-refractivity contribution in [2.24, 2.45) is 0 Å². The Balaban J connectivity index is 1.37. The van der Waals surface area contributed by atoms with Crippen LogP contribution in [0.2, 0.25) is 0 Å². The number of nitrogens with zero attached hydrogens (tertiary/aromatic N) is 5. The molecule has 0 N–H and O–H groups in total. The number of halogens is 3. The van der Waals surface area contributed by atoms with Gasteiger partial charge >= 0.3 is 6.18 Å². The highest BCUT2D eigenvalue weighted by atomic mass is 19.4. The Hall–Kier alpha value is -3.51. The van der Waals surface area contributed by atoms with Gasteiger partial charge in [-0.2, -0.15) is 18.3 Å². The van der Waals surface area contributed by atoms with Gasteiger partial charge in [-0.15, -0.1) is 0 Å². The number of aromatic nitrogens is 3. The van der Waals surface area contributed by atoms with Crippen molar-refractivity contribution < 1.29 is 32.2 Å². The van der Waals surface area contributed by atoms with Crippen LogP contribution in [0, 0.1) is 0 Å². The number of likely N-dealkylation sites (tertiary alicyclic amines) is 1. The molecular formula is C27H30F3N5O4. The van der Waals surface area contributed by atoms with Crippen molar-refractivity contribution in [3.63, 3.8) is 0 Å². The number of alkyl halides is 3. The van der Waals surface area contributed by atoms with Crippen molar-refractivity contribution >= 4 is 22.6 Å². The smallest absolute Gasteiger partial charge is 0.433 e. The van der Waals surface area contributed by atoms with E-state index in [0.717, 1.165) is 38.5 Å². The number of carbonyl (C=O) groups excluding carboxylic acids is 2. The van der Waals surface area contributed by atoms with Gasteiger partial charge in [0.15, 0.2) is 5.78 Å². The zero-order valence-corrected chi connectivity index (χ0v) is 21.5. The summed E-state index contributed by atoms with van der Waals surface area (Å²) in [6.45, 7) is 5.27. The summed E-state index contributed by atoms with van der Waals surface area (Å²) < 4.78 is 52.3. The predicted octanol–water partition coefficient (Wildman–Crippen LogP) is 3.21. The Kier molecular flexibility index (Phi) is 8.12. The fraction of sp³-hybridized carbons (Fsp3) is 0.481. The molecule has 1 amide bonds. The van der Waals surface area contributed by atoms with Gasteiger partial charge in [0.1, 0.15) is 30.3 Å². The molecule has 2 fully saturated rings. The van der Waals surface area contributed by atoms with Crippen LogP contribution in [0.3, 0.4) is 0 Å². The normalized spacial score (nSPS) is 16.6. The maximum absolute atomic E-state index is 13.1. The number of amides is 1. The number of rotatable bonds is 9. The van der Waals surface area contributed by atoms with Gasteiger partial charge in [0.2, 0.25) is 5.91 Å². The second-order valence-corrected chi connectivity index (χ2v) is 9.74. The number of Topliss-reactive ketones (excluding diaryl/α,β-unsaturated/α-hetero) is 1. The lowest BCUT2D eigenvalue weighted by atomic mass is 10.0. The molecule has 12 heteroatoms. The number of carbonyl (C=O) groups is 2. The van der Waals surface area contributed by atoms with Crippen LogP contribution in [0.5, 0.6) is 5.75 Å². The Morgan fingerprint density at radius 2 is 1.82 bits per heavy atom. The van der Waals surface area contributed by atoms with E-state index in [0.29, 0.717) is 55.1 Å². The first-order valence-corrected chi connectivity index (χ1v) is 13.0. The van der Waals surface area contributed by atoms with E-state index in [-0.39, 0.29) is 24.6 Å². The predicted molar refractivity (Wildman–Crippen MR) is 136 cm³/mol. The minimum absolute atomic E-state index is 0.0578. The topological polar surface area (TPSA) is 89.8 Å². The van der Waals surface area contributed by atoms with Crippen LogP contribution in [-0.2, 0) is 28.7 Å². The van der Waals surface area contributed by atoms with Gasteiger partial charge in [-0.05, 0) is 44.1 Å². The van der Waals surface area contributed by atoms with E-state index in [1.165, 1.54) is 12.1 Å². The first kappa shape index (κ1) is 27.1. The lowest BCUT2D eigenvalue weighted by Crippen LogP contribution is -2.42. The van der Waals surface area contributed by atoms with E-state index >= 15 is 0 Å². The molecule has 1 aromatic carbocycles. The third kappa shape index (κ3) is 6.74. The molecule has 9 nitrogen and oxygen atoms in total. The highest BCUT2D eigenvalue weighted by molar-refractivity contribution is 5.97. The summed E-state index contributed by atoms with van der Waals surface area (Å²) in [5.41, 5.74) is -0.265. The van der Waals surface area contributed by atoms with Gasteiger partial charge in [0.25, 0.3) is 0 Å². The molecule has 0 atom stereocenters. The van der Waals surface area contributed by atoms with Crippen molar-refractivity contribution in [1.29, 1.82) is 0 Å². The molecule has 0 aliphatic carbocycles. The maximum Gasteiger partial charge on any atom is 0.433 e.